The van der Waals surface area contributed by atoms with Gasteiger partial charge in [-0.15, -0.1) is 0 Å². The van der Waals surface area contributed by atoms with Crippen molar-refractivity contribution in [2.24, 2.45) is 0 Å². The molecular weight excluding hydrogens is 254 g/mol. The Bertz CT molecular complexity index is 577. The molecule has 5 nitrogen and oxygen atoms in total. The average Bonchev–Trinajstić information content (AvgIpc) is 2.46. The first-order valence-electron chi connectivity index (χ1n) is 6.50. The fourth-order valence-corrected chi connectivity index (χ4v) is 2.04. The summed E-state index contributed by atoms with van der Waals surface area (Å²) in [4.78, 5) is 8.88. The van der Waals surface area contributed by atoms with Gasteiger partial charge in [-0.1, -0.05) is 6.07 Å². The summed E-state index contributed by atoms with van der Waals surface area (Å²) in [6, 6.07) is 7.59. The summed E-state index contributed by atoms with van der Waals surface area (Å²) in [6.07, 6.45) is 0. The van der Waals surface area contributed by atoms with E-state index in [2.05, 4.69) is 15.3 Å². The first-order chi connectivity index (χ1) is 9.69. The number of methoxy groups -OCH3 is 2. The van der Waals surface area contributed by atoms with E-state index < -0.39 is 0 Å². The molecule has 0 saturated carbocycles. The van der Waals surface area contributed by atoms with Crippen molar-refractivity contribution >= 4 is 5.95 Å². The van der Waals surface area contributed by atoms with E-state index in [1.807, 2.05) is 38.1 Å². The summed E-state index contributed by atoms with van der Waals surface area (Å²) in [5.74, 6) is 2.06. The highest BCUT2D eigenvalue weighted by molar-refractivity contribution is 5.75. The van der Waals surface area contributed by atoms with E-state index in [4.69, 9.17) is 9.47 Å². The van der Waals surface area contributed by atoms with Gasteiger partial charge in [0.15, 0.2) is 0 Å². The van der Waals surface area contributed by atoms with E-state index in [1.54, 1.807) is 14.2 Å². The van der Waals surface area contributed by atoms with Crippen LogP contribution >= 0.6 is 0 Å². The average molecular weight is 273 g/mol. The van der Waals surface area contributed by atoms with Gasteiger partial charge in [-0.05, 0) is 32.0 Å². The highest BCUT2D eigenvalue weighted by Gasteiger charge is 2.15. The molecule has 0 spiro atoms. The van der Waals surface area contributed by atoms with Crippen LogP contribution in [-0.2, 0) is 0 Å². The molecular formula is C15H19N3O2. The second-order valence-electron chi connectivity index (χ2n) is 4.29. The highest BCUT2D eigenvalue weighted by atomic mass is 16.5. The molecule has 1 heterocycles. The van der Waals surface area contributed by atoms with Gasteiger partial charge in [-0.2, -0.15) is 0 Å². The normalized spacial score (nSPS) is 10.2. The summed E-state index contributed by atoms with van der Waals surface area (Å²) in [5, 5.41) is 3.13. The SMILES string of the molecule is CCNc1nc(C)cc(-c2c(OC)cccc2OC)n1. The lowest BCUT2D eigenvalue weighted by molar-refractivity contribution is 0.397. The lowest BCUT2D eigenvalue weighted by Crippen LogP contribution is -2.04. The van der Waals surface area contributed by atoms with Gasteiger partial charge < -0.3 is 14.8 Å². The Morgan fingerprint density at radius 2 is 1.75 bits per heavy atom. The third-order valence-corrected chi connectivity index (χ3v) is 2.87. The molecule has 2 aromatic rings. The van der Waals surface area contributed by atoms with Gasteiger partial charge >= 0.3 is 0 Å². The Morgan fingerprint density at radius 3 is 2.30 bits per heavy atom. The zero-order chi connectivity index (χ0) is 14.5. The number of rotatable bonds is 5. The standard InChI is InChI=1S/C15H19N3O2/c1-5-16-15-17-10(2)9-11(18-15)14-12(19-3)7-6-8-13(14)20-4/h6-9H,5H2,1-4H3,(H,16,17,18). The van der Waals surface area contributed by atoms with E-state index in [1.165, 1.54) is 0 Å². The third-order valence-electron chi connectivity index (χ3n) is 2.87. The maximum atomic E-state index is 5.42. The molecule has 0 atom stereocenters. The van der Waals surface area contributed by atoms with Crippen molar-refractivity contribution in [1.82, 2.24) is 9.97 Å². The topological polar surface area (TPSA) is 56.3 Å². The smallest absolute Gasteiger partial charge is 0.223 e. The lowest BCUT2D eigenvalue weighted by Gasteiger charge is -2.13. The maximum absolute atomic E-state index is 5.42. The van der Waals surface area contributed by atoms with Crippen LogP contribution in [0, 0.1) is 6.92 Å². The molecule has 1 N–H and O–H groups in total. The number of anilines is 1. The molecule has 20 heavy (non-hydrogen) atoms. The zero-order valence-electron chi connectivity index (χ0n) is 12.2. The van der Waals surface area contributed by atoms with Crippen LogP contribution in [0.5, 0.6) is 11.5 Å². The summed E-state index contributed by atoms with van der Waals surface area (Å²) in [6.45, 7) is 4.72. The van der Waals surface area contributed by atoms with Crippen LogP contribution in [0.2, 0.25) is 0 Å². The van der Waals surface area contributed by atoms with Crippen molar-refractivity contribution in [3.8, 4) is 22.8 Å². The minimum absolute atomic E-state index is 0.607. The van der Waals surface area contributed by atoms with Gasteiger partial charge in [0.25, 0.3) is 0 Å². The largest absolute Gasteiger partial charge is 0.496 e. The summed E-state index contributed by atoms with van der Waals surface area (Å²) in [5.41, 5.74) is 2.50. The number of aryl methyl sites for hydroxylation is 1. The Labute approximate surface area is 119 Å². The molecule has 0 fully saturated rings. The lowest BCUT2D eigenvalue weighted by atomic mass is 10.1. The van der Waals surface area contributed by atoms with Crippen LogP contribution in [-0.4, -0.2) is 30.7 Å². The quantitative estimate of drug-likeness (QED) is 0.907. The van der Waals surface area contributed by atoms with E-state index in [0.717, 1.165) is 35.0 Å². The van der Waals surface area contributed by atoms with Gasteiger partial charge in [0, 0.05) is 12.2 Å². The molecule has 1 aromatic heterocycles. The molecule has 2 rings (SSSR count). The van der Waals surface area contributed by atoms with Gasteiger partial charge in [-0.3, -0.25) is 0 Å². The van der Waals surface area contributed by atoms with Crippen LogP contribution < -0.4 is 14.8 Å². The van der Waals surface area contributed by atoms with Crippen LogP contribution in [0.25, 0.3) is 11.3 Å². The molecule has 0 aliphatic carbocycles. The predicted octanol–water partition coefficient (Wildman–Crippen LogP) is 2.90. The van der Waals surface area contributed by atoms with Crippen molar-refractivity contribution in [3.05, 3.63) is 30.0 Å². The van der Waals surface area contributed by atoms with Gasteiger partial charge in [-0.25, -0.2) is 9.97 Å². The fourth-order valence-electron chi connectivity index (χ4n) is 2.04. The number of ether oxygens (including phenoxy) is 2. The van der Waals surface area contributed by atoms with Crippen molar-refractivity contribution in [3.63, 3.8) is 0 Å². The van der Waals surface area contributed by atoms with Gasteiger partial charge in [0.1, 0.15) is 11.5 Å². The molecule has 0 amide bonds. The van der Waals surface area contributed by atoms with Crippen LogP contribution in [0.1, 0.15) is 12.6 Å². The second-order valence-corrected chi connectivity index (χ2v) is 4.29. The van der Waals surface area contributed by atoms with Crippen LogP contribution in [0.15, 0.2) is 24.3 Å². The van der Waals surface area contributed by atoms with Crippen LogP contribution in [0.4, 0.5) is 5.95 Å². The number of hydrogen-bond donors (Lipinski definition) is 1. The van der Waals surface area contributed by atoms with Gasteiger partial charge in [0.05, 0.1) is 25.5 Å². The van der Waals surface area contributed by atoms with Crippen molar-refractivity contribution in [2.75, 3.05) is 26.1 Å². The maximum Gasteiger partial charge on any atom is 0.223 e. The van der Waals surface area contributed by atoms with E-state index in [9.17, 15) is 0 Å². The Balaban J connectivity index is 2.60. The summed E-state index contributed by atoms with van der Waals surface area (Å²) >= 11 is 0. The van der Waals surface area contributed by atoms with Crippen molar-refractivity contribution < 1.29 is 9.47 Å². The molecule has 0 radical (unpaired) electrons. The number of benzene rings is 1. The monoisotopic (exact) mass is 273 g/mol. The molecule has 106 valence electrons. The molecule has 1 aromatic carbocycles. The van der Waals surface area contributed by atoms with E-state index in [-0.39, 0.29) is 0 Å². The fraction of sp³-hybridized carbons (Fsp3) is 0.333. The number of nitrogens with one attached hydrogen (secondary N) is 1. The van der Waals surface area contributed by atoms with Crippen LogP contribution in [0.3, 0.4) is 0 Å². The molecule has 5 heteroatoms. The highest BCUT2D eigenvalue weighted by Crippen LogP contribution is 2.37. The Morgan fingerprint density at radius 1 is 1.10 bits per heavy atom. The second kappa shape index (κ2) is 6.23. The Kier molecular flexibility index (Phi) is 4.40. The van der Waals surface area contributed by atoms with Gasteiger partial charge in [0.2, 0.25) is 5.95 Å². The minimum Gasteiger partial charge on any atom is -0.496 e. The van der Waals surface area contributed by atoms with Crippen molar-refractivity contribution in [2.45, 2.75) is 13.8 Å². The molecule has 0 bridgehead atoms. The van der Waals surface area contributed by atoms with Crippen molar-refractivity contribution in [1.29, 1.82) is 0 Å². The molecule has 0 unspecified atom stereocenters. The number of hydrogen-bond acceptors (Lipinski definition) is 5. The number of nitrogens with zero attached hydrogens (tertiary/aromatic N) is 2. The summed E-state index contributed by atoms with van der Waals surface area (Å²) in [7, 11) is 3.27. The predicted molar refractivity (Wildman–Crippen MR) is 79.5 cm³/mol. The molecule has 0 aliphatic heterocycles. The third kappa shape index (κ3) is 2.82. The first-order valence-corrected chi connectivity index (χ1v) is 6.50. The first kappa shape index (κ1) is 14.1. The molecule has 0 aliphatic rings. The zero-order valence-corrected chi connectivity index (χ0v) is 12.2. The molecule has 0 saturated heterocycles. The minimum atomic E-state index is 0.607. The Hall–Kier alpha value is -2.30. The van der Waals surface area contributed by atoms with E-state index >= 15 is 0 Å². The van der Waals surface area contributed by atoms with E-state index in [0.29, 0.717) is 5.95 Å². The summed E-state index contributed by atoms with van der Waals surface area (Å²) < 4.78 is 10.8. The number of aromatic nitrogens is 2.